The van der Waals surface area contributed by atoms with Crippen LogP contribution in [0.5, 0.6) is 0 Å². The highest BCUT2D eigenvalue weighted by Gasteiger charge is 2.32. The highest BCUT2D eigenvalue weighted by molar-refractivity contribution is 7.89. The van der Waals surface area contributed by atoms with E-state index in [1.807, 2.05) is 25.1 Å². The van der Waals surface area contributed by atoms with E-state index in [0.29, 0.717) is 48.3 Å². The summed E-state index contributed by atoms with van der Waals surface area (Å²) in [6.45, 7) is 7.67. The van der Waals surface area contributed by atoms with Crippen LogP contribution in [0, 0.1) is 11.8 Å². The van der Waals surface area contributed by atoms with E-state index in [1.54, 1.807) is 33.5 Å². The first-order valence-electron chi connectivity index (χ1n) is 12.0. The molecular formula is C27H29N3O4S. The number of carbonyl (C=O) groups excluding carboxylic acids is 2. The largest absolute Gasteiger partial charge is 0.321 e. The second kappa shape index (κ2) is 8.77. The van der Waals surface area contributed by atoms with E-state index in [0.717, 1.165) is 22.9 Å². The zero-order valence-electron chi connectivity index (χ0n) is 20.1. The van der Waals surface area contributed by atoms with E-state index in [4.69, 9.17) is 0 Å². The van der Waals surface area contributed by atoms with E-state index in [-0.39, 0.29) is 16.7 Å². The second-order valence-corrected chi connectivity index (χ2v) is 11.6. The van der Waals surface area contributed by atoms with Crippen molar-refractivity contribution in [3.63, 3.8) is 0 Å². The van der Waals surface area contributed by atoms with Gasteiger partial charge in [0.15, 0.2) is 0 Å². The molecule has 7 nitrogen and oxygen atoms in total. The Balaban J connectivity index is 1.39. The van der Waals surface area contributed by atoms with Gasteiger partial charge in [0, 0.05) is 47.2 Å². The van der Waals surface area contributed by atoms with Crippen LogP contribution >= 0.6 is 0 Å². The summed E-state index contributed by atoms with van der Waals surface area (Å²) in [5.74, 6) is 0.254. The third kappa shape index (κ3) is 4.00. The molecule has 8 heteroatoms. The molecule has 1 fully saturated rings. The van der Waals surface area contributed by atoms with Gasteiger partial charge in [-0.25, -0.2) is 8.42 Å². The van der Waals surface area contributed by atoms with Crippen molar-refractivity contribution in [1.29, 1.82) is 0 Å². The maximum absolute atomic E-state index is 13.1. The van der Waals surface area contributed by atoms with Crippen LogP contribution in [0.1, 0.15) is 47.9 Å². The van der Waals surface area contributed by atoms with Crippen LogP contribution in [0.4, 0.5) is 11.4 Å². The lowest BCUT2D eigenvalue weighted by molar-refractivity contribution is 0.0992. The molecular weight excluding hydrogens is 462 g/mol. The van der Waals surface area contributed by atoms with E-state index in [2.05, 4.69) is 19.2 Å². The Hall–Kier alpha value is -3.23. The van der Waals surface area contributed by atoms with Gasteiger partial charge in [-0.05, 0) is 67.6 Å². The summed E-state index contributed by atoms with van der Waals surface area (Å²) < 4.78 is 27.8. The number of nitrogens with one attached hydrogen (secondary N) is 1. The first-order chi connectivity index (χ1) is 16.7. The summed E-state index contributed by atoms with van der Waals surface area (Å²) in [4.78, 5) is 27.7. The van der Waals surface area contributed by atoms with Crippen molar-refractivity contribution in [2.45, 2.75) is 32.1 Å². The SMILES string of the molecule is CCN1C(=O)c2cccc3c(NC(=O)c4ccc(S(=O)(=O)N5C[C@H](C)C[C@@H](C)C5)cc4)ccc1c23. The number of carbonyl (C=O) groups is 2. The zero-order chi connectivity index (χ0) is 24.9. The summed E-state index contributed by atoms with van der Waals surface area (Å²) in [5, 5.41) is 4.57. The van der Waals surface area contributed by atoms with E-state index >= 15 is 0 Å². The molecule has 2 aliphatic rings. The van der Waals surface area contributed by atoms with Crippen molar-refractivity contribution in [2.75, 3.05) is 29.9 Å². The van der Waals surface area contributed by atoms with Crippen molar-refractivity contribution in [1.82, 2.24) is 4.31 Å². The van der Waals surface area contributed by atoms with Crippen molar-refractivity contribution in [3.8, 4) is 0 Å². The molecule has 2 aliphatic heterocycles. The average molecular weight is 492 g/mol. The third-order valence-electron chi connectivity index (χ3n) is 6.94. The Bertz CT molecular complexity index is 1420. The number of rotatable bonds is 5. The fourth-order valence-electron chi connectivity index (χ4n) is 5.39. The summed E-state index contributed by atoms with van der Waals surface area (Å²) in [5.41, 5.74) is 2.44. The molecule has 3 aromatic rings. The fourth-order valence-corrected chi connectivity index (χ4v) is 7.07. The van der Waals surface area contributed by atoms with Gasteiger partial charge in [0.1, 0.15) is 0 Å². The topological polar surface area (TPSA) is 86.8 Å². The summed E-state index contributed by atoms with van der Waals surface area (Å²) in [6, 6.07) is 15.3. The minimum absolute atomic E-state index is 0.0362. The highest BCUT2D eigenvalue weighted by Crippen LogP contribution is 2.40. The molecule has 35 heavy (non-hydrogen) atoms. The Morgan fingerprint density at radius 2 is 1.69 bits per heavy atom. The van der Waals surface area contributed by atoms with Crippen LogP contribution in [0.25, 0.3) is 10.8 Å². The first-order valence-corrected chi connectivity index (χ1v) is 13.4. The van der Waals surface area contributed by atoms with Gasteiger partial charge in [0.05, 0.1) is 10.6 Å². The molecule has 0 saturated carbocycles. The Morgan fingerprint density at radius 1 is 1.00 bits per heavy atom. The molecule has 0 aromatic heterocycles. The van der Waals surface area contributed by atoms with Gasteiger partial charge in [0.2, 0.25) is 10.0 Å². The number of sulfonamides is 1. The number of anilines is 2. The predicted molar refractivity (Wildman–Crippen MR) is 137 cm³/mol. The maximum atomic E-state index is 13.1. The standard InChI is InChI=1S/C27H29N3O4S/c1-4-30-24-13-12-23(21-6-5-7-22(25(21)24)27(30)32)28-26(31)19-8-10-20(11-9-19)35(33,34)29-15-17(2)14-18(3)16-29/h5-13,17-18H,4,14-16H2,1-3H3,(H,28,31)/t17-,18-/m1/s1. The molecule has 3 aromatic carbocycles. The number of amides is 2. The summed E-state index contributed by atoms with van der Waals surface area (Å²) >= 11 is 0. The number of nitrogens with zero attached hydrogens (tertiary/aromatic N) is 2. The second-order valence-electron chi connectivity index (χ2n) is 9.66. The molecule has 1 N–H and O–H groups in total. The molecule has 182 valence electrons. The molecule has 0 bridgehead atoms. The van der Waals surface area contributed by atoms with Gasteiger partial charge >= 0.3 is 0 Å². The zero-order valence-corrected chi connectivity index (χ0v) is 20.9. The van der Waals surface area contributed by atoms with Gasteiger partial charge < -0.3 is 10.2 Å². The number of hydrogen-bond donors (Lipinski definition) is 1. The molecule has 5 rings (SSSR count). The Kier molecular flexibility index (Phi) is 5.89. The van der Waals surface area contributed by atoms with E-state index < -0.39 is 10.0 Å². The Morgan fingerprint density at radius 3 is 2.34 bits per heavy atom. The summed E-state index contributed by atoms with van der Waals surface area (Å²) in [7, 11) is -3.61. The molecule has 0 aliphatic carbocycles. The van der Waals surface area contributed by atoms with Gasteiger partial charge in [-0.1, -0.05) is 26.0 Å². The molecule has 2 heterocycles. The molecule has 0 spiro atoms. The third-order valence-corrected chi connectivity index (χ3v) is 8.78. The predicted octanol–water partition coefficient (Wildman–Crippen LogP) is 4.74. The number of hydrogen-bond acceptors (Lipinski definition) is 4. The lowest BCUT2D eigenvalue weighted by atomic mass is 9.94. The average Bonchev–Trinajstić information content (AvgIpc) is 3.12. The fraction of sp³-hybridized carbons (Fsp3) is 0.333. The normalized spacial score (nSPS) is 20.4. The van der Waals surface area contributed by atoms with Gasteiger partial charge in [-0.3, -0.25) is 9.59 Å². The quantitative estimate of drug-likeness (QED) is 0.559. The molecule has 0 radical (unpaired) electrons. The first kappa shape index (κ1) is 23.5. The lowest BCUT2D eigenvalue weighted by Crippen LogP contribution is -2.42. The van der Waals surface area contributed by atoms with Gasteiger partial charge in [-0.2, -0.15) is 4.31 Å². The Labute approximate surface area is 205 Å². The molecule has 2 atom stereocenters. The highest BCUT2D eigenvalue weighted by atomic mass is 32.2. The van der Waals surface area contributed by atoms with Crippen LogP contribution in [0.3, 0.4) is 0 Å². The van der Waals surface area contributed by atoms with Crippen LogP contribution in [0.2, 0.25) is 0 Å². The molecule has 1 saturated heterocycles. The van der Waals surface area contributed by atoms with Crippen LogP contribution in [-0.2, 0) is 10.0 Å². The van der Waals surface area contributed by atoms with Crippen molar-refractivity contribution < 1.29 is 18.0 Å². The molecule has 0 unspecified atom stereocenters. The smallest absolute Gasteiger partial charge is 0.258 e. The van der Waals surface area contributed by atoms with Crippen molar-refractivity contribution in [3.05, 3.63) is 65.7 Å². The summed E-state index contributed by atoms with van der Waals surface area (Å²) in [6.07, 6.45) is 1.02. The number of piperidine rings is 1. The minimum Gasteiger partial charge on any atom is -0.321 e. The minimum atomic E-state index is -3.61. The lowest BCUT2D eigenvalue weighted by Gasteiger charge is -2.34. The van der Waals surface area contributed by atoms with E-state index in [1.165, 1.54) is 12.1 Å². The van der Waals surface area contributed by atoms with Crippen LogP contribution in [0.15, 0.2) is 59.5 Å². The van der Waals surface area contributed by atoms with Crippen LogP contribution < -0.4 is 10.2 Å². The van der Waals surface area contributed by atoms with Gasteiger partial charge in [0.25, 0.3) is 11.8 Å². The van der Waals surface area contributed by atoms with Crippen molar-refractivity contribution >= 4 is 44.0 Å². The number of benzene rings is 3. The van der Waals surface area contributed by atoms with Crippen LogP contribution in [-0.4, -0.2) is 44.2 Å². The molecule has 2 amide bonds. The van der Waals surface area contributed by atoms with Gasteiger partial charge in [-0.15, -0.1) is 0 Å². The van der Waals surface area contributed by atoms with Crippen molar-refractivity contribution in [2.24, 2.45) is 11.8 Å². The monoisotopic (exact) mass is 491 g/mol. The maximum Gasteiger partial charge on any atom is 0.258 e. The van der Waals surface area contributed by atoms with E-state index in [9.17, 15) is 18.0 Å².